The molecule has 1 aromatic rings. The zero-order valence-electron chi connectivity index (χ0n) is 9.16. The monoisotopic (exact) mass is 243 g/mol. The van der Waals surface area contributed by atoms with Crippen molar-refractivity contribution in [3.63, 3.8) is 0 Å². The summed E-state index contributed by atoms with van der Waals surface area (Å²) in [6.07, 6.45) is 3.49. The van der Waals surface area contributed by atoms with Crippen LogP contribution >= 0.6 is 11.6 Å². The van der Waals surface area contributed by atoms with E-state index >= 15 is 0 Å². The van der Waals surface area contributed by atoms with E-state index in [-0.39, 0.29) is 5.82 Å². The second kappa shape index (κ2) is 4.55. The Kier molecular flexibility index (Phi) is 3.30. The fraction of sp³-hybridized carbons (Fsp3) is 0.545. The van der Waals surface area contributed by atoms with Crippen molar-refractivity contribution in [1.82, 2.24) is 4.98 Å². The fourth-order valence-electron chi connectivity index (χ4n) is 2.10. The van der Waals surface area contributed by atoms with Crippen molar-refractivity contribution in [2.45, 2.75) is 18.9 Å². The van der Waals surface area contributed by atoms with Gasteiger partial charge in [-0.1, -0.05) is 11.6 Å². The Labute approximate surface area is 99.4 Å². The van der Waals surface area contributed by atoms with Crippen molar-refractivity contribution in [2.24, 2.45) is 11.7 Å². The summed E-state index contributed by atoms with van der Waals surface area (Å²) in [7, 11) is 1.84. The van der Waals surface area contributed by atoms with Gasteiger partial charge in [0.15, 0.2) is 11.6 Å². The van der Waals surface area contributed by atoms with Gasteiger partial charge in [-0.25, -0.2) is 9.37 Å². The number of anilines is 1. The van der Waals surface area contributed by atoms with Gasteiger partial charge in [-0.15, -0.1) is 0 Å². The molecule has 1 heterocycles. The van der Waals surface area contributed by atoms with Gasteiger partial charge in [0, 0.05) is 25.8 Å². The van der Waals surface area contributed by atoms with Crippen molar-refractivity contribution in [3.05, 3.63) is 23.1 Å². The standard InChI is InChI=1S/C11H15ClFN3/c1-16(6-7-2-9(14)3-7)11-10(13)4-8(12)5-15-11/h4-5,7,9H,2-3,6,14H2,1H3. The lowest BCUT2D eigenvalue weighted by Crippen LogP contribution is -2.42. The third kappa shape index (κ3) is 2.44. The van der Waals surface area contributed by atoms with Crippen LogP contribution in [0.3, 0.4) is 0 Å². The van der Waals surface area contributed by atoms with Gasteiger partial charge in [-0.05, 0) is 24.8 Å². The smallest absolute Gasteiger partial charge is 0.167 e. The largest absolute Gasteiger partial charge is 0.357 e. The molecular weight excluding hydrogens is 229 g/mol. The predicted molar refractivity (Wildman–Crippen MR) is 63.2 cm³/mol. The first-order chi connectivity index (χ1) is 7.56. The minimum atomic E-state index is -0.376. The maximum atomic E-state index is 13.5. The molecule has 88 valence electrons. The van der Waals surface area contributed by atoms with Crippen molar-refractivity contribution >= 4 is 17.4 Å². The molecule has 3 nitrogen and oxygen atoms in total. The summed E-state index contributed by atoms with van der Waals surface area (Å²) in [5.74, 6) is 0.528. The summed E-state index contributed by atoms with van der Waals surface area (Å²) in [6, 6.07) is 1.61. The molecule has 0 atom stereocenters. The van der Waals surface area contributed by atoms with Gasteiger partial charge in [0.05, 0.1) is 5.02 Å². The molecule has 1 saturated carbocycles. The number of pyridine rings is 1. The first kappa shape index (κ1) is 11.6. The average molecular weight is 244 g/mol. The van der Waals surface area contributed by atoms with E-state index in [1.165, 1.54) is 12.3 Å². The van der Waals surface area contributed by atoms with Gasteiger partial charge in [0.25, 0.3) is 0 Å². The number of hydrogen-bond acceptors (Lipinski definition) is 3. The lowest BCUT2D eigenvalue weighted by molar-refractivity contribution is 0.270. The van der Waals surface area contributed by atoms with Gasteiger partial charge in [0.2, 0.25) is 0 Å². The molecule has 1 aromatic heterocycles. The Morgan fingerprint density at radius 2 is 2.31 bits per heavy atom. The highest BCUT2D eigenvalue weighted by atomic mass is 35.5. The molecule has 2 rings (SSSR count). The zero-order valence-corrected chi connectivity index (χ0v) is 9.91. The molecule has 0 bridgehead atoms. The quantitative estimate of drug-likeness (QED) is 0.884. The first-order valence-corrected chi connectivity index (χ1v) is 5.72. The van der Waals surface area contributed by atoms with Crippen LogP contribution in [0.25, 0.3) is 0 Å². The van der Waals surface area contributed by atoms with Crippen LogP contribution in [0, 0.1) is 11.7 Å². The molecule has 1 aliphatic rings. The summed E-state index contributed by atoms with van der Waals surface area (Å²) in [4.78, 5) is 5.82. The molecule has 0 aromatic carbocycles. The van der Waals surface area contributed by atoms with Crippen LogP contribution in [0.1, 0.15) is 12.8 Å². The van der Waals surface area contributed by atoms with E-state index in [1.807, 2.05) is 11.9 Å². The van der Waals surface area contributed by atoms with E-state index in [4.69, 9.17) is 17.3 Å². The van der Waals surface area contributed by atoms with Crippen molar-refractivity contribution in [1.29, 1.82) is 0 Å². The number of halogens is 2. The van der Waals surface area contributed by atoms with Gasteiger partial charge in [0.1, 0.15) is 0 Å². The minimum absolute atomic E-state index is 0.320. The molecule has 1 fully saturated rings. The van der Waals surface area contributed by atoms with Crippen LogP contribution in [0.5, 0.6) is 0 Å². The van der Waals surface area contributed by atoms with Crippen LogP contribution < -0.4 is 10.6 Å². The minimum Gasteiger partial charge on any atom is -0.357 e. The number of nitrogens with two attached hydrogens (primary N) is 1. The Morgan fingerprint density at radius 3 is 2.88 bits per heavy atom. The van der Waals surface area contributed by atoms with Crippen molar-refractivity contribution < 1.29 is 4.39 Å². The molecule has 16 heavy (non-hydrogen) atoms. The molecule has 0 unspecified atom stereocenters. The van der Waals surface area contributed by atoms with E-state index in [1.54, 1.807) is 0 Å². The van der Waals surface area contributed by atoms with Gasteiger partial charge < -0.3 is 10.6 Å². The van der Waals surface area contributed by atoms with Crippen LogP contribution in [0.4, 0.5) is 10.2 Å². The summed E-state index contributed by atoms with van der Waals surface area (Å²) in [5.41, 5.74) is 5.71. The van der Waals surface area contributed by atoms with Crippen molar-refractivity contribution in [2.75, 3.05) is 18.5 Å². The Bertz CT molecular complexity index is 379. The molecule has 5 heteroatoms. The van der Waals surface area contributed by atoms with Crippen LogP contribution in [0.2, 0.25) is 5.02 Å². The van der Waals surface area contributed by atoms with E-state index < -0.39 is 0 Å². The van der Waals surface area contributed by atoms with Crippen LogP contribution in [-0.2, 0) is 0 Å². The number of aromatic nitrogens is 1. The van der Waals surface area contributed by atoms with Crippen molar-refractivity contribution in [3.8, 4) is 0 Å². The second-order valence-electron chi connectivity index (χ2n) is 4.44. The highest BCUT2D eigenvalue weighted by molar-refractivity contribution is 6.30. The zero-order chi connectivity index (χ0) is 11.7. The van der Waals surface area contributed by atoms with Crippen LogP contribution in [-0.4, -0.2) is 24.6 Å². The van der Waals surface area contributed by atoms with E-state index in [2.05, 4.69) is 4.98 Å². The molecular formula is C11H15ClFN3. The lowest BCUT2D eigenvalue weighted by atomic mass is 9.80. The molecule has 0 amide bonds. The highest BCUT2D eigenvalue weighted by Crippen LogP contribution is 2.28. The van der Waals surface area contributed by atoms with Gasteiger partial charge in [-0.2, -0.15) is 0 Å². The summed E-state index contributed by atoms with van der Waals surface area (Å²) in [6.45, 7) is 0.791. The van der Waals surface area contributed by atoms with Crippen LogP contribution in [0.15, 0.2) is 12.3 Å². The number of hydrogen-bond donors (Lipinski definition) is 1. The third-order valence-corrected chi connectivity index (χ3v) is 3.16. The van der Waals surface area contributed by atoms with E-state index in [0.29, 0.717) is 22.8 Å². The molecule has 0 saturated heterocycles. The first-order valence-electron chi connectivity index (χ1n) is 5.34. The molecule has 1 aliphatic carbocycles. The third-order valence-electron chi connectivity index (χ3n) is 2.95. The maximum absolute atomic E-state index is 13.5. The average Bonchev–Trinajstić information content (AvgIpc) is 2.15. The fourth-order valence-corrected chi connectivity index (χ4v) is 2.24. The number of nitrogens with zero attached hydrogens (tertiary/aromatic N) is 2. The van der Waals surface area contributed by atoms with Gasteiger partial charge in [-0.3, -0.25) is 0 Å². The maximum Gasteiger partial charge on any atom is 0.167 e. The van der Waals surface area contributed by atoms with E-state index in [0.717, 1.165) is 19.4 Å². The Morgan fingerprint density at radius 1 is 1.62 bits per heavy atom. The predicted octanol–water partition coefficient (Wildman–Crippen LogP) is 2.05. The molecule has 2 N–H and O–H groups in total. The lowest BCUT2D eigenvalue weighted by Gasteiger charge is -2.35. The van der Waals surface area contributed by atoms with E-state index in [9.17, 15) is 4.39 Å². The summed E-state index contributed by atoms with van der Waals surface area (Å²) < 4.78 is 13.5. The Hall–Kier alpha value is -0.870. The SMILES string of the molecule is CN(CC1CC(N)C1)c1ncc(Cl)cc1F. The molecule has 0 radical (unpaired) electrons. The number of rotatable bonds is 3. The van der Waals surface area contributed by atoms with Gasteiger partial charge >= 0.3 is 0 Å². The highest BCUT2D eigenvalue weighted by Gasteiger charge is 2.27. The Balaban J connectivity index is 2.00. The molecule has 0 aliphatic heterocycles. The second-order valence-corrected chi connectivity index (χ2v) is 4.87. The summed E-state index contributed by atoms with van der Waals surface area (Å²) >= 11 is 5.65. The summed E-state index contributed by atoms with van der Waals surface area (Å²) in [5, 5.41) is 0.320. The normalized spacial score (nSPS) is 24.0. The molecule has 0 spiro atoms. The topological polar surface area (TPSA) is 42.1 Å².